The van der Waals surface area contributed by atoms with Crippen molar-refractivity contribution < 1.29 is 9.21 Å². The van der Waals surface area contributed by atoms with Gasteiger partial charge in [0, 0.05) is 11.3 Å². The number of thiazole rings is 1. The van der Waals surface area contributed by atoms with Gasteiger partial charge in [-0.1, -0.05) is 20.3 Å². The number of piperidine rings is 1. The Morgan fingerprint density at radius 3 is 2.72 bits per heavy atom. The maximum atomic E-state index is 12.3. The molecule has 3 heterocycles. The van der Waals surface area contributed by atoms with E-state index in [9.17, 15) is 4.79 Å². The molecule has 1 N–H and O–H groups in total. The van der Waals surface area contributed by atoms with E-state index in [2.05, 4.69) is 36.0 Å². The predicted octanol–water partition coefficient (Wildman–Crippen LogP) is 4.34. The van der Waals surface area contributed by atoms with E-state index >= 15 is 0 Å². The second kappa shape index (κ2) is 8.15. The minimum Gasteiger partial charge on any atom is -0.454 e. The first-order valence-electron chi connectivity index (χ1n) is 9.11. The van der Waals surface area contributed by atoms with E-state index in [0.717, 1.165) is 29.6 Å². The summed E-state index contributed by atoms with van der Waals surface area (Å²) in [6.07, 6.45) is 3.79. The number of aromatic nitrogens is 1. The number of carbonyl (C=O) groups excluding carboxylic acids is 1. The Labute approximate surface area is 153 Å². The van der Waals surface area contributed by atoms with Gasteiger partial charge in [-0.25, -0.2) is 4.98 Å². The van der Waals surface area contributed by atoms with Crippen LogP contribution in [0.2, 0.25) is 0 Å². The molecule has 0 saturated carbocycles. The highest BCUT2D eigenvalue weighted by Crippen LogP contribution is 2.25. The van der Waals surface area contributed by atoms with Crippen LogP contribution in [0.3, 0.4) is 0 Å². The molecule has 0 bridgehead atoms. The number of nitrogens with one attached hydrogen (secondary N) is 1. The van der Waals surface area contributed by atoms with Crippen molar-refractivity contribution >= 4 is 17.2 Å². The molecular weight excluding hydrogens is 334 g/mol. The van der Waals surface area contributed by atoms with Crippen molar-refractivity contribution in [3.05, 3.63) is 39.7 Å². The summed E-state index contributed by atoms with van der Waals surface area (Å²) < 4.78 is 5.82. The zero-order valence-electron chi connectivity index (χ0n) is 15.2. The van der Waals surface area contributed by atoms with Gasteiger partial charge in [0.15, 0.2) is 5.76 Å². The summed E-state index contributed by atoms with van der Waals surface area (Å²) in [6.45, 7) is 9.02. The molecule has 1 amide bonds. The summed E-state index contributed by atoms with van der Waals surface area (Å²) in [5.74, 6) is 1.47. The monoisotopic (exact) mass is 361 g/mol. The van der Waals surface area contributed by atoms with Crippen molar-refractivity contribution in [2.45, 2.75) is 58.5 Å². The van der Waals surface area contributed by atoms with Crippen molar-refractivity contribution in [2.75, 3.05) is 13.1 Å². The fourth-order valence-electron chi connectivity index (χ4n) is 3.11. The Balaban J connectivity index is 1.56. The molecule has 1 fully saturated rings. The summed E-state index contributed by atoms with van der Waals surface area (Å²) in [5.41, 5.74) is 0.899. The lowest BCUT2D eigenvalue weighted by atomic mass is 10.1. The molecule has 136 valence electrons. The Morgan fingerprint density at radius 2 is 2.04 bits per heavy atom. The summed E-state index contributed by atoms with van der Waals surface area (Å²) >= 11 is 1.64. The van der Waals surface area contributed by atoms with Crippen LogP contribution in [0.4, 0.5) is 0 Å². The number of rotatable bonds is 6. The van der Waals surface area contributed by atoms with Crippen LogP contribution in [0.15, 0.2) is 21.9 Å². The van der Waals surface area contributed by atoms with Crippen LogP contribution in [-0.2, 0) is 6.54 Å². The summed E-state index contributed by atoms with van der Waals surface area (Å²) in [6, 6.07) is 3.91. The topological polar surface area (TPSA) is 58.4 Å². The third kappa shape index (κ3) is 4.50. The first-order chi connectivity index (χ1) is 12.0. The zero-order chi connectivity index (χ0) is 17.8. The van der Waals surface area contributed by atoms with Gasteiger partial charge in [0.25, 0.3) is 5.91 Å². The number of nitrogens with zero attached hydrogens (tertiary/aromatic N) is 2. The van der Waals surface area contributed by atoms with Gasteiger partial charge in [-0.15, -0.1) is 11.3 Å². The molecule has 0 aromatic carbocycles. The number of hydrogen-bond acceptors (Lipinski definition) is 5. The Morgan fingerprint density at radius 1 is 1.28 bits per heavy atom. The van der Waals surface area contributed by atoms with Crippen molar-refractivity contribution in [1.82, 2.24) is 15.2 Å². The first kappa shape index (κ1) is 18.1. The lowest BCUT2D eigenvalue weighted by molar-refractivity contribution is 0.0913. The van der Waals surface area contributed by atoms with Crippen LogP contribution in [0.25, 0.3) is 0 Å². The molecule has 6 heteroatoms. The van der Waals surface area contributed by atoms with E-state index in [1.807, 2.05) is 11.4 Å². The van der Waals surface area contributed by atoms with Gasteiger partial charge in [-0.05, 0) is 45.0 Å². The van der Waals surface area contributed by atoms with Crippen molar-refractivity contribution in [1.29, 1.82) is 0 Å². The average Bonchev–Trinajstić information content (AvgIpc) is 3.29. The van der Waals surface area contributed by atoms with E-state index in [1.54, 1.807) is 17.4 Å². The number of likely N-dealkylation sites (tertiary alicyclic amines) is 1. The Bertz CT molecular complexity index is 701. The fourth-order valence-corrected chi connectivity index (χ4v) is 3.95. The minimum atomic E-state index is -0.184. The molecule has 1 aliphatic heterocycles. The van der Waals surface area contributed by atoms with Crippen LogP contribution in [0.1, 0.15) is 79.0 Å². The molecule has 1 atom stereocenters. The minimum absolute atomic E-state index is 0.184. The van der Waals surface area contributed by atoms with Crippen molar-refractivity contribution in [3.63, 3.8) is 0 Å². The van der Waals surface area contributed by atoms with Gasteiger partial charge in [-0.3, -0.25) is 9.69 Å². The highest BCUT2D eigenvalue weighted by atomic mass is 32.1. The molecule has 0 spiro atoms. The number of furan rings is 1. The molecule has 2 aromatic heterocycles. The smallest absolute Gasteiger partial charge is 0.287 e. The lowest BCUT2D eigenvalue weighted by Gasteiger charge is -2.31. The van der Waals surface area contributed by atoms with Gasteiger partial charge >= 0.3 is 0 Å². The van der Waals surface area contributed by atoms with Gasteiger partial charge in [0.1, 0.15) is 5.76 Å². The molecule has 1 saturated heterocycles. The SMILES string of the molecule is CC(C)c1nc(CNC(=O)c2ccc(C(C)N3CCCCC3)o2)cs1. The Kier molecular flexibility index (Phi) is 5.91. The molecule has 2 aromatic rings. The van der Waals surface area contributed by atoms with Gasteiger partial charge in [-0.2, -0.15) is 0 Å². The molecule has 5 nitrogen and oxygen atoms in total. The highest BCUT2D eigenvalue weighted by Gasteiger charge is 2.22. The maximum Gasteiger partial charge on any atom is 0.287 e. The van der Waals surface area contributed by atoms with Crippen LogP contribution in [-0.4, -0.2) is 28.9 Å². The highest BCUT2D eigenvalue weighted by molar-refractivity contribution is 7.09. The molecule has 3 rings (SSSR count). The quantitative estimate of drug-likeness (QED) is 0.832. The number of hydrogen-bond donors (Lipinski definition) is 1. The zero-order valence-corrected chi connectivity index (χ0v) is 16.1. The average molecular weight is 362 g/mol. The van der Waals surface area contributed by atoms with Gasteiger partial charge in [0.2, 0.25) is 0 Å². The van der Waals surface area contributed by atoms with Gasteiger partial charge in [0.05, 0.1) is 23.3 Å². The van der Waals surface area contributed by atoms with E-state index in [4.69, 9.17) is 4.42 Å². The molecule has 1 unspecified atom stereocenters. The van der Waals surface area contributed by atoms with E-state index < -0.39 is 0 Å². The molecule has 1 aliphatic rings. The summed E-state index contributed by atoms with van der Waals surface area (Å²) in [7, 11) is 0. The third-order valence-corrected chi connectivity index (χ3v) is 5.89. The van der Waals surface area contributed by atoms with E-state index in [-0.39, 0.29) is 11.9 Å². The van der Waals surface area contributed by atoms with E-state index in [0.29, 0.717) is 18.2 Å². The summed E-state index contributed by atoms with van der Waals surface area (Å²) in [5, 5.41) is 6.00. The Hall–Kier alpha value is -1.66. The largest absolute Gasteiger partial charge is 0.454 e. The van der Waals surface area contributed by atoms with Crippen LogP contribution in [0.5, 0.6) is 0 Å². The second-order valence-corrected chi connectivity index (χ2v) is 7.88. The predicted molar refractivity (Wildman–Crippen MR) is 99.9 cm³/mol. The molecule has 25 heavy (non-hydrogen) atoms. The molecule has 0 radical (unpaired) electrons. The maximum absolute atomic E-state index is 12.3. The molecule has 0 aliphatic carbocycles. The van der Waals surface area contributed by atoms with Crippen LogP contribution >= 0.6 is 11.3 Å². The molecular formula is C19H27N3O2S. The van der Waals surface area contributed by atoms with Gasteiger partial charge < -0.3 is 9.73 Å². The standard InChI is InChI=1S/C19H27N3O2S/c1-13(2)19-21-15(12-25-19)11-20-18(23)17-8-7-16(24-17)14(3)22-9-5-4-6-10-22/h7-8,12-14H,4-6,9-11H2,1-3H3,(H,20,23). The number of carbonyl (C=O) groups is 1. The first-order valence-corrected chi connectivity index (χ1v) is 9.99. The van der Waals surface area contributed by atoms with Crippen LogP contribution < -0.4 is 5.32 Å². The fraction of sp³-hybridized carbons (Fsp3) is 0.579. The van der Waals surface area contributed by atoms with Crippen LogP contribution in [0, 0.1) is 0 Å². The lowest BCUT2D eigenvalue weighted by Crippen LogP contribution is -2.32. The van der Waals surface area contributed by atoms with E-state index in [1.165, 1.54) is 19.3 Å². The normalized spacial score (nSPS) is 17.0. The van der Waals surface area contributed by atoms with Crippen molar-refractivity contribution in [3.8, 4) is 0 Å². The van der Waals surface area contributed by atoms with Crippen molar-refractivity contribution in [2.24, 2.45) is 0 Å². The third-order valence-electron chi connectivity index (χ3n) is 4.69. The second-order valence-electron chi connectivity index (χ2n) is 6.99. The number of amides is 1. The summed E-state index contributed by atoms with van der Waals surface area (Å²) in [4.78, 5) is 19.3.